The maximum Gasteiger partial charge on any atom is 0.0467 e. The highest BCUT2D eigenvalue weighted by atomic mass is 32.2. The number of aliphatic hydroxyl groups is 1. The quantitative estimate of drug-likeness (QED) is 0.779. The molecule has 0 spiro atoms. The van der Waals surface area contributed by atoms with Crippen molar-refractivity contribution in [3.8, 4) is 0 Å². The van der Waals surface area contributed by atoms with Crippen molar-refractivity contribution in [2.24, 2.45) is 5.92 Å². The van der Waals surface area contributed by atoms with Crippen LogP contribution >= 0.6 is 11.8 Å². The second kappa shape index (κ2) is 6.91. The highest BCUT2D eigenvalue weighted by molar-refractivity contribution is 7.98. The summed E-state index contributed by atoms with van der Waals surface area (Å²) in [5.74, 6) is 2.57. The Morgan fingerprint density at radius 1 is 1.29 bits per heavy atom. The van der Waals surface area contributed by atoms with Crippen molar-refractivity contribution in [3.63, 3.8) is 0 Å². The molecule has 0 heterocycles. The van der Waals surface area contributed by atoms with Gasteiger partial charge in [0.1, 0.15) is 0 Å². The lowest BCUT2D eigenvalue weighted by molar-refractivity contribution is 0.237. The summed E-state index contributed by atoms with van der Waals surface area (Å²) >= 11 is 1.90. The summed E-state index contributed by atoms with van der Waals surface area (Å²) in [6.45, 7) is 2.45. The fourth-order valence-electron chi connectivity index (χ4n) is 1.22. The Labute approximate surface area is 90.5 Å². The molecule has 0 bridgehead atoms. The van der Waals surface area contributed by atoms with Gasteiger partial charge in [-0.15, -0.1) is 0 Å². The fraction of sp³-hybridized carbons (Fsp3) is 0.500. The van der Waals surface area contributed by atoms with Gasteiger partial charge < -0.3 is 5.11 Å². The smallest absolute Gasteiger partial charge is 0.0467 e. The van der Waals surface area contributed by atoms with Gasteiger partial charge in [-0.05, 0) is 17.2 Å². The number of rotatable bonds is 6. The van der Waals surface area contributed by atoms with E-state index in [0.29, 0.717) is 12.5 Å². The zero-order valence-electron chi connectivity index (χ0n) is 8.65. The van der Waals surface area contributed by atoms with Gasteiger partial charge in [-0.25, -0.2) is 0 Å². The van der Waals surface area contributed by atoms with E-state index in [-0.39, 0.29) is 0 Å². The fourth-order valence-corrected chi connectivity index (χ4v) is 2.44. The summed E-state index contributed by atoms with van der Waals surface area (Å²) in [5, 5.41) is 9.01. The molecule has 1 unspecified atom stereocenters. The molecular formula is C12H18OS. The Morgan fingerprint density at radius 2 is 2.00 bits per heavy atom. The van der Waals surface area contributed by atoms with Gasteiger partial charge in [0.05, 0.1) is 0 Å². The third-order valence-corrected chi connectivity index (χ3v) is 3.55. The molecule has 1 aromatic carbocycles. The summed E-state index contributed by atoms with van der Waals surface area (Å²) < 4.78 is 0. The van der Waals surface area contributed by atoms with E-state index in [1.807, 2.05) is 17.8 Å². The number of hydrogen-bond acceptors (Lipinski definition) is 2. The first kappa shape index (κ1) is 11.6. The molecule has 0 radical (unpaired) electrons. The molecular weight excluding hydrogens is 192 g/mol. The van der Waals surface area contributed by atoms with Crippen molar-refractivity contribution >= 4 is 11.8 Å². The van der Waals surface area contributed by atoms with Crippen LogP contribution in [0.5, 0.6) is 0 Å². The second-order valence-corrected chi connectivity index (χ2v) is 4.49. The predicted octanol–water partition coefficient (Wildman–Crippen LogP) is 2.94. The lowest BCUT2D eigenvalue weighted by atomic mass is 10.1. The van der Waals surface area contributed by atoms with E-state index in [4.69, 9.17) is 5.11 Å². The molecule has 2 heteroatoms. The topological polar surface area (TPSA) is 20.2 Å². The summed E-state index contributed by atoms with van der Waals surface area (Å²) in [6.07, 6.45) is 1.07. The van der Waals surface area contributed by atoms with Crippen LogP contribution in [0, 0.1) is 5.92 Å². The van der Waals surface area contributed by atoms with Crippen LogP contribution in [0.3, 0.4) is 0 Å². The number of thioether (sulfide) groups is 1. The van der Waals surface area contributed by atoms with Crippen LogP contribution in [0.2, 0.25) is 0 Å². The highest BCUT2D eigenvalue weighted by Crippen LogP contribution is 2.16. The van der Waals surface area contributed by atoms with Crippen LogP contribution in [-0.2, 0) is 5.75 Å². The monoisotopic (exact) mass is 210 g/mol. The Balaban J connectivity index is 2.21. The van der Waals surface area contributed by atoms with Gasteiger partial charge in [0.15, 0.2) is 0 Å². The molecule has 0 aliphatic carbocycles. The predicted molar refractivity (Wildman–Crippen MR) is 63.5 cm³/mol. The van der Waals surface area contributed by atoms with E-state index >= 15 is 0 Å². The van der Waals surface area contributed by atoms with Crippen molar-refractivity contribution in [2.45, 2.75) is 19.1 Å². The van der Waals surface area contributed by atoms with E-state index in [2.05, 4.69) is 31.2 Å². The van der Waals surface area contributed by atoms with Gasteiger partial charge in [0.2, 0.25) is 0 Å². The summed E-state index contributed by atoms with van der Waals surface area (Å²) in [5.41, 5.74) is 1.37. The summed E-state index contributed by atoms with van der Waals surface area (Å²) in [7, 11) is 0. The molecule has 0 fully saturated rings. The van der Waals surface area contributed by atoms with E-state index in [9.17, 15) is 0 Å². The minimum atomic E-state index is 0.318. The molecule has 1 atom stereocenters. The molecule has 0 saturated carbocycles. The summed E-state index contributed by atoms with van der Waals surface area (Å²) in [4.78, 5) is 0. The van der Waals surface area contributed by atoms with Crippen molar-refractivity contribution < 1.29 is 5.11 Å². The zero-order valence-corrected chi connectivity index (χ0v) is 9.46. The van der Waals surface area contributed by atoms with Crippen LogP contribution in [-0.4, -0.2) is 17.5 Å². The molecule has 1 nitrogen and oxygen atoms in total. The SMILES string of the molecule is CCC(CO)CSCc1ccccc1. The lowest BCUT2D eigenvalue weighted by Crippen LogP contribution is -2.07. The van der Waals surface area contributed by atoms with Gasteiger partial charge in [0, 0.05) is 12.4 Å². The van der Waals surface area contributed by atoms with Crippen molar-refractivity contribution in [1.29, 1.82) is 0 Å². The third kappa shape index (κ3) is 4.16. The van der Waals surface area contributed by atoms with Gasteiger partial charge in [-0.3, -0.25) is 0 Å². The molecule has 0 amide bonds. The van der Waals surface area contributed by atoms with Gasteiger partial charge in [-0.1, -0.05) is 43.7 Å². The van der Waals surface area contributed by atoms with Crippen LogP contribution < -0.4 is 0 Å². The van der Waals surface area contributed by atoms with E-state index < -0.39 is 0 Å². The first-order valence-corrected chi connectivity index (χ1v) is 6.24. The van der Waals surface area contributed by atoms with Crippen LogP contribution in [0.15, 0.2) is 30.3 Å². The molecule has 1 rings (SSSR count). The van der Waals surface area contributed by atoms with Gasteiger partial charge >= 0.3 is 0 Å². The Kier molecular flexibility index (Phi) is 5.72. The minimum absolute atomic E-state index is 0.318. The van der Waals surface area contributed by atoms with Crippen LogP contribution in [0.25, 0.3) is 0 Å². The molecule has 0 aliphatic heterocycles. The number of aliphatic hydroxyl groups excluding tert-OH is 1. The Morgan fingerprint density at radius 3 is 2.57 bits per heavy atom. The molecule has 0 aromatic heterocycles. The maximum atomic E-state index is 9.01. The molecule has 0 aliphatic rings. The van der Waals surface area contributed by atoms with Crippen LogP contribution in [0.1, 0.15) is 18.9 Å². The van der Waals surface area contributed by atoms with E-state index in [0.717, 1.165) is 17.9 Å². The van der Waals surface area contributed by atoms with Crippen LogP contribution in [0.4, 0.5) is 0 Å². The first-order valence-electron chi connectivity index (χ1n) is 5.09. The Hall–Kier alpha value is -0.470. The van der Waals surface area contributed by atoms with E-state index in [1.165, 1.54) is 5.56 Å². The second-order valence-electron chi connectivity index (χ2n) is 3.46. The first-order chi connectivity index (χ1) is 6.86. The largest absolute Gasteiger partial charge is 0.396 e. The molecule has 1 N–H and O–H groups in total. The Bertz CT molecular complexity index is 231. The number of hydrogen-bond donors (Lipinski definition) is 1. The molecule has 1 aromatic rings. The van der Waals surface area contributed by atoms with Crippen molar-refractivity contribution in [3.05, 3.63) is 35.9 Å². The minimum Gasteiger partial charge on any atom is -0.396 e. The highest BCUT2D eigenvalue weighted by Gasteiger charge is 2.03. The number of benzene rings is 1. The summed E-state index contributed by atoms with van der Waals surface area (Å²) in [6, 6.07) is 10.5. The van der Waals surface area contributed by atoms with E-state index in [1.54, 1.807) is 0 Å². The van der Waals surface area contributed by atoms with Crippen molar-refractivity contribution in [1.82, 2.24) is 0 Å². The van der Waals surface area contributed by atoms with Gasteiger partial charge in [-0.2, -0.15) is 11.8 Å². The molecule has 78 valence electrons. The lowest BCUT2D eigenvalue weighted by Gasteiger charge is -2.10. The molecule has 0 saturated heterocycles. The molecule has 14 heavy (non-hydrogen) atoms. The third-order valence-electron chi connectivity index (χ3n) is 2.30. The normalized spacial score (nSPS) is 12.7. The zero-order chi connectivity index (χ0) is 10.2. The average Bonchev–Trinajstić information content (AvgIpc) is 2.26. The standard InChI is InChI=1S/C12H18OS/c1-2-11(8-13)9-14-10-12-6-4-3-5-7-12/h3-7,11,13H,2,8-10H2,1H3. The van der Waals surface area contributed by atoms with Crippen molar-refractivity contribution in [2.75, 3.05) is 12.4 Å². The van der Waals surface area contributed by atoms with Gasteiger partial charge in [0.25, 0.3) is 0 Å². The average molecular weight is 210 g/mol. The maximum absolute atomic E-state index is 9.01.